The van der Waals surface area contributed by atoms with Crippen LogP contribution >= 0.6 is 35.3 Å². The second-order valence-electron chi connectivity index (χ2n) is 30.7. The van der Waals surface area contributed by atoms with E-state index < -0.39 is 59.3 Å². The Kier molecular flexibility index (Phi) is 41.0. The highest BCUT2D eigenvalue weighted by atomic mass is 32.2. The van der Waals surface area contributed by atoms with Gasteiger partial charge in [-0.25, -0.2) is 24.2 Å². The van der Waals surface area contributed by atoms with Crippen molar-refractivity contribution in [2.45, 2.75) is 127 Å². The van der Waals surface area contributed by atoms with Crippen LogP contribution in [0.25, 0.3) is 44.7 Å². The van der Waals surface area contributed by atoms with E-state index in [1.54, 1.807) is 83.7 Å². The van der Waals surface area contributed by atoms with Crippen LogP contribution in [0, 0.1) is 47.4 Å². The zero-order valence-electron chi connectivity index (χ0n) is 77.9. The Balaban J connectivity index is 0.000000230. The molecule has 41 nitrogen and oxygen atoms in total. The molecule has 56 heteroatoms. The van der Waals surface area contributed by atoms with E-state index in [1.807, 2.05) is 79.4 Å². The molecule has 0 aliphatic carbocycles. The minimum absolute atomic E-state index is 0.0555. The van der Waals surface area contributed by atoms with Gasteiger partial charge in [0.15, 0.2) is 49.8 Å². The van der Waals surface area contributed by atoms with Gasteiger partial charge in [0.25, 0.3) is 22.2 Å². The lowest BCUT2D eigenvalue weighted by molar-refractivity contribution is -0.193. The molecule has 1 aromatic carbocycles. The number of fused-ring (bicyclic) bond motifs is 4. The number of nitrogens with zero attached hydrogens (tertiary/aromatic N) is 22. The molecule has 0 bridgehead atoms. The summed E-state index contributed by atoms with van der Waals surface area (Å²) in [5, 5.41) is 54.8. The minimum atomic E-state index is -5.08. The van der Waals surface area contributed by atoms with Gasteiger partial charge in [-0.05, 0) is 79.8 Å². The Labute approximate surface area is 798 Å². The van der Waals surface area contributed by atoms with E-state index in [4.69, 9.17) is 69.5 Å². The number of imidazole rings is 4. The van der Waals surface area contributed by atoms with Crippen molar-refractivity contribution in [3.05, 3.63) is 65.7 Å². The molecule has 0 amide bonds. The first-order valence-electron chi connectivity index (χ1n) is 42.2. The van der Waals surface area contributed by atoms with E-state index >= 15 is 0 Å². The first kappa shape index (κ1) is 113. The van der Waals surface area contributed by atoms with Crippen LogP contribution in [0.5, 0.6) is 0 Å². The van der Waals surface area contributed by atoms with Gasteiger partial charge in [0.05, 0.1) is 26.2 Å². The largest absolute Gasteiger partial charge is 0.490 e. The number of nitrogens with one attached hydrogen (secondary N) is 5. The second kappa shape index (κ2) is 50.4. The summed E-state index contributed by atoms with van der Waals surface area (Å²) in [7, 11) is 8.83. The van der Waals surface area contributed by atoms with Crippen LogP contribution in [0.4, 0.5) is 100 Å². The normalized spacial score (nSPS) is 14.5. The van der Waals surface area contributed by atoms with Crippen LogP contribution in [0.3, 0.4) is 0 Å². The summed E-state index contributed by atoms with van der Waals surface area (Å²) in [6.45, 7) is 31.6. The Morgan fingerprint density at radius 3 is 1.05 bits per heavy atom. The maximum Gasteiger partial charge on any atom is 0.490 e. The Bertz CT molecular complexity index is 6270. The number of anilines is 8. The maximum atomic E-state index is 13.3. The summed E-state index contributed by atoms with van der Waals surface area (Å²) < 4.78 is 140. The van der Waals surface area contributed by atoms with Gasteiger partial charge in [-0.2, -0.15) is 99.3 Å². The highest BCUT2D eigenvalue weighted by Gasteiger charge is 2.41. The van der Waals surface area contributed by atoms with Crippen molar-refractivity contribution in [3.8, 4) is 47.4 Å². The van der Waals surface area contributed by atoms with E-state index in [2.05, 4.69) is 122 Å². The fourth-order valence-electron chi connectivity index (χ4n) is 13.1. The van der Waals surface area contributed by atoms with Crippen LogP contribution in [-0.4, -0.2) is 310 Å². The van der Waals surface area contributed by atoms with E-state index in [-0.39, 0.29) is 28.3 Å². The molecular formula is C83H105F12N27O14S3. The monoisotopic (exact) mass is 2030 g/mol. The SMILES string of the molecule is CC#CCn1c(N2CCNCC2)nc2nc(N(C)C(C)C)n(C)c(=O)c21.CC#CCn1c(N2CCNCC2)nc2nc(N3CCSCC3)n(C)c(=O)c21.CC#CCn1c(N2CCNCC2)nc2nc(Nc3cccc(SC)c3)n(C)c(=O)c21.CC#CCn1c(N2CCNCC2)nc2nc(SC(C)(C)C(=O)O)n(C)c(=O)c21.O=C(O)C(F)(F)F.O=C(O)C(F)(F)F.O=C(O)C(F)(F)F.O=C(O)C(F)(F)F. The average molecular weight is 2030 g/mol. The first-order chi connectivity index (χ1) is 65.3. The van der Waals surface area contributed by atoms with Gasteiger partial charge < -0.3 is 81.5 Å². The van der Waals surface area contributed by atoms with Crippen molar-refractivity contribution >= 4 is 157 Å². The summed E-state index contributed by atoms with van der Waals surface area (Å²) in [4.78, 5) is 151. The maximum absolute atomic E-state index is 13.3. The lowest BCUT2D eigenvalue weighted by Gasteiger charge is -2.28. The summed E-state index contributed by atoms with van der Waals surface area (Å²) in [6.07, 6.45) is -18.3. The molecule has 9 aromatic rings. The van der Waals surface area contributed by atoms with E-state index in [0.717, 1.165) is 170 Å². The highest BCUT2D eigenvalue weighted by Crippen LogP contribution is 2.34. The van der Waals surface area contributed by atoms with Gasteiger partial charge in [0.2, 0.25) is 41.6 Å². The lowest BCUT2D eigenvalue weighted by atomic mass is 10.2. The van der Waals surface area contributed by atoms with Crippen LogP contribution in [0.2, 0.25) is 0 Å². The fourth-order valence-corrected chi connectivity index (χ4v) is 15.4. The van der Waals surface area contributed by atoms with Gasteiger partial charge in [-0.3, -0.25) is 60.5 Å². The van der Waals surface area contributed by atoms with E-state index in [1.165, 1.54) is 9.13 Å². The quantitative estimate of drug-likeness (QED) is 0.0229. The molecule has 5 saturated heterocycles. The first-order valence-corrected chi connectivity index (χ1v) is 45.4. The van der Waals surface area contributed by atoms with E-state index in [0.29, 0.717) is 99.8 Å². The molecule has 0 saturated carbocycles. The molecule has 14 rings (SSSR count). The molecule has 139 heavy (non-hydrogen) atoms. The molecule has 10 N–H and O–H groups in total. The summed E-state index contributed by atoms with van der Waals surface area (Å²) in [6, 6.07) is 8.24. The van der Waals surface area contributed by atoms with Gasteiger partial charge in [0.1, 0.15) is 4.75 Å². The molecule has 758 valence electrons. The number of carbonyl (C=O) groups is 5. The van der Waals surface area contributed by atoms with Crippen molar-refractivity contribution in [1.82, 2.24) is 97.7 Å². The summed E-state index contributed by atoms with van der Waals surface area (Å²) in [5.74, 6) is 18.8. The van der Waals surface area contributed by atoms with Crippen LogP contribution in [0.15, 0.2) is 53.5 Å². The number of halogens is 12. The molecule has 0 unspecified atom stereocenters. The number of carboxylic acid groups (broad SMARTS) is 5. The molecule has 13 heterocycles. The third-order valence-corrected chi connectivity index (χ3v) is 23.5. The number of alkyl halides is 12. The molecule has 5 aliphatic rings. The second-order valence-corrected chi connectivity index (χ2v) is 34.4. The molecule has 8 aromatic heterocycles. The Hall–Kier alpha value is -13.1. The van der Waals surface area contributed by atoms with Crippen LogP contribution in [0.1, 0.15) is 55.4 Å². The number of aliphatic carboxylic acids is 5. The number of benzene rings is 1. The predicted octanol–water partition coefficient (Wildman–Crippen LogP) is 5.60. The number of hydrogen-bond donors (Lipinski definition) is 10. The molecule has 5 aliphatic heterocycles. The summed E-state index contributed by atoms with van der Waals surface area (Å²) in [5.41, 5.74) is 4.02. The van der Waals surface area contributed by atoms with Crippen LogP contribution < -0.4 is 78.2 Å². The summed E-state index contributed by atoms with van der Waals surface area (Å²) >= 11 is 4.63. The molecule has 0 atom stereocenters. The average Bonchev–Trinajstić information content (AvgIpc) is 1.62. The van der Waals surface area contributed by atoms with Crippen molar-refractivity contribution < 1.29 is 102 Å². The number of thioether (sulfide) groups is 3. The van der Waals surface area contributed by atoms with Crippen molar-refractivity contribution in [1.29, 1.82) is 0 Å². The molecular weight excluding hydrogens is 1920 g/mol. The fraction of sp³-hybridized carbons (Fsp3) is 0.530. The minimum Gasteiger partial charge on any atom is -0.480 e. The smallest absolute Gasteiger partial charge is 0.480 e. The zero-order chi connectivity index (χ0) is 104. The van der Waals surface area contributed by atoms with Crippen molar-refractivity contribution in [2.24, 2.45) is 28.2 Å². The topological polar surface area (TPSA) is 477 Å². The third kappa shape index (κ3) is 30.2. The molecule has 5 fully saturated rings. The predicted molar refractivity (Wildman–Crippen MR) is 502 cm³/mol. The van der Waals surface area contributed by atoms with Gasteiger partial charge in [-0.15, -0.1) is 35.4 Å². The number of carboxylic acids is 5. The van der Waals surface area contributed by atoms with E-state index in [9.17, 15) is 81.8 Å². The highest BCUT2D eigenvalue weighted by molar-refractivity contribution is 8.01. The van der Waals surface area contributed by atoms with Gasteiger partial charge >= 0.3 is 54.6 Å². The molecule has 0 radical (unpaired) electrons. The lowest BCUT2D eigenvalue weighted by Crippen LogP contribution is -2.44. The van der Waals surface area contributed by atoms with Crippen molar-refractivity contribution in [2.75, 3.05) is 177 Å². The number of rotatable bonds is 17. The van der Waals surface area contributed by atoms with Crippen LogP contribution in [-0.2, 0) is 78.3 Å². The Morgan fingerprint density at radius 2 is 0.734 bits per heavy atom. The number of hydrogen-bond acceptors (Lipinski definition) is 31. The van der Waals surface area contributed by atoms with Gasteiger partial charge in [-0.1, -0.05) is 41.5 Å². The molecule has 0 spiro atoms. The van der Waals surface area contributed by atoms with Gasteiger partial charge in [0, 0.05) is 181 Å². The number of aromatic nitrogens is 16. The Morgan fingerprint density at radius 1 is 0.439 bits per heavy atom. The standard InChI is InChI=1S/C21H25N7OS.C18H25N7OS.C18H27N7O.C18H24N6O3S.4C2HF3O2/c1-4-5-11-28-17-18(25-21(28)27-12-9-22-10-13-27)24-20(26(2)19(17)29)23-15-7-6-8-16(14-15)30-3;1-3-4-7-25-14-15(21-18(25)23-8-5-19-6-9-23)20-17(22(2)16(14)26)24-10-12-27-13-11-24;1-6-7-10-25-14-15(21-18(25)24-11-8-19-9-12-24)20-17(22(4)13(2)3)23(5)16(14)26;1-5-6-9-24-12-13(20-16(24)23-10-7-19-8-11-23)21-17(22(4)14(12)25)28-18(2,3)15(26)27;4*3-2(4,5)1(6)7/h6-8,14,22H,9-13H2,1-3H3,(H,23,24);19H,5-13H2,1-2H3;13,19H,8-12H2,1-5H3;19H,7-11H2,1-4H3,(H,26,27);4*(H,6,7). The zero-order valence-corrected chi connectivity index (χ0v) is 80.3. The number of piperazine rings is 4. The third-order valence-electron chi connectivity index (χ3n) is 20.6. The van der Waals surface area contributed by atoms with Crippen molar-refractivity contribution in [3.63, 3.8) is 0 Å².